The van der Waals surface area contributed by atoms with Gasteiger partial charge < -0.3 is 19.9 Å². The summed E-state index contributed by atoms with van der Waals surface area (Å²) < 4.78 is 2.26. The van der Waals surface area contributed by atoms with Gasteiger partial charge in [-0.2, -0.15) is 0 Å². The van der Waals surface area contributed by atoms with Crippen molar-refractivity contribution >= 4 is 23.1 Å². The Labute approximate surface area is 128 Å². The average Bonchev–Trinajstić information content (AvgIpc) is 3.02. The van der Waals surface area contributed by atoms with Gasteiger partial charge in [-0.25, -0.2) is 9.78 Å². The molecule has 2 aromatic rings. The average molecular weight is 300 g/mol. The number of piperidine rings is 1. The standard InChI is InChI=1S/C16H20N4O2/c1-17-15-18-13-4-2-3-5-14(13)20(15)12-8-10-6-7-11(9-12)19(10)16(21)22/h2-5,10-12H,6-9H2,1H3,(H,17,18)(H,21,22)/t10-,11+,12?. The number of nitrogens with zero attached hydrogens (tertiary/aromatic N) is 3. The van der Waals surface area contributed by atoms with Crippen LogP contribution in [0.1, 0.15) is 31.7 Å². The second-order valence-corrected chi connectivity index (χ2v) is 6.24. The van der Waals surface area contributed by atoms with Gasteiger partial charge in [-0.1, -0.05) is 12.1 Å². The third kappa shape index (κ3) is 1.86. The lowest BCUT2D eigenvalue weighted by atomic mass is 9.97. The number of carbonyl (C=O) groups is 1. The van der Waals surface area contributed by atoms with Crippen LogP contribution in [-0.2, 0) is 0 Å². The summed E-state index contributed by atoms with van der Waals surface area (Å²) in [5.74, 6) is 0.870. The highest BCUT2D eigenvalue weighted by Gasteiger charge is 2.44. The summed E-state index contributed by atoms with van der Waals surface area (Å²) in [5, 5.41) is 12.6. The Balaban J connectivity index is 1.73. The molecule has 0 spiro atoms. The van der Waals surface area contributed by atoms with Gasteiger partial charge in [0.1, 0.15) is 0 Å². The van der Waals surface area contributed by atoms with Crippen molar-refractivity contribution in [2.45, 2.75) is 43.8 Å². The Bertz CT molecular complexity index is 712. The molecule has 2 aliphatic heterocycles. The highest BCUT2D eigenvalue weighted by atomic mass is 16.4. The van der Waals surface area contributed by atoms with Crippen molar-refractivity contribution in [2.75, 3.05) is 12.4 Å². The molecule has 2 saturated heterocycles. The summed E-state index contributed by atoms with van der Waals surface area (Å²) in [5.41, 5.74) is 2.11. The van der Waals surface area contributed by atoms with E-state index in [1.54, 1.807) is 4.90 Å². The molecule has 0 saturated carbocycles. The summed E-state index contributed by atoms with van der Waals surface area (Å²) in [6, 6.07) is 8.74. The van der Waals surface area contributed by atoms with Gasteiger partial charge in [-0.15, -0.1) is 0 Å². The number of benzene rings is 1. The number of aromatic nitrogens is 2. The second kappa shape index (κ2) is 4.90. The van der Waals surface area contributed by atoms with E-state index in [0.29, 0.717) is 6.04 Å². The SMILES string of the molecule is CNc1nc2ccccc2n1C1C[C@H]2CC[C@@H](C1)N2C(=O)O. The third-order valence-corrected chi connectivity index (χ3v) is 5.11. The molecular weight excluding hydrogens is 280 g/mol. The Morgan fingerprint density at radius 3 is 2.55 bits per heavy atom. The summed E-state index contributed by atoms with van der Waals surface area (Å²) in [7, 11) is 1.89. The van der Waals surface area contributed by atoms with Crippen LogP contribution in [0.4, 0.5) is 10.7 Å². The number of para-hydroxylation sites is 2. The molecule has 4 rings (SSSR count). The van der Waals surface area contributed by atoms with E-state index in [-0.39, 0.29) is 12.1 Å². The molecule has 1 aromatic heterocycles. The zero-order chi connectivity index (χ0) is 15.3. The quantitative estimate of drug-likeness (QED) is 0.894. The van der Waals surface area contributed by atoms with Gasteiger partial charge in [-0.3, -0.25) is 0 Å². The molecule has 3 heterocycles. The third-order valence-electron chi connectivity index (χ3n) is 5.11. The smallest absolute Gasteiger partial charge is 0.407 e. The Morgan fingerprint density at radius 2 is 1.91 bits per heavy atom. The van der Waals surface area contributed by atoms with E-state index in [0.717, 1.165) is 42.7 Å². The van der Waals surface area contributed by atoms with Crippen LogP contribution in [0.5, 0.6) is 0 Å². The summed E-state index contributed by atoms with van der Waals surface area (Å²) in [6.45, 7) is 0. The Hall–Kier alpha value is -2.24. The van der Waals surface area contributed by atoms with Crippen LogP contribution in [0.15, 0.2) is 24.3 Å². The van der Waals surface area contributed by atoms with Crippen LogP contribution in [0.25, 0.3) is 11.0 Å². The molecule has 2 aliphatic rings. The van der Waals surface area contributed by atoms with E-state index >= 15 is 0 Å². The molecule has 1 aromatic carbocycles. The lowest BCUT2D eigenvalue weighted by Crippen LogP contribution is -2.46. The van der Waals surface area contributed by atoms with E-state index in [2.05, 4.69) is 20.9 Å². The van der Waals surface area contributed by atoms with Crippen molar-refractivity contribution in [3.8, 4) is 0 Å². The number of hydrogen-bond acceptors (Lipinski definition) is 3. The molecule has 0 radical (unpaired) electrons. The van der Waals surface area contributed by atoms with Gasteiger partial charge in [-0.05, 0) is 37.8 Å². The van der Waals surface area contributed by atoms with Gasteiger partial charge in [0, 0.05) is 25.2 Å². The van der Waals surface area contributed by atoms with E-state index in [4.69, 9.17) is 0 Å². The predicted molar refractivity (Wildman–Crippen MR) is 84.2 cm³/mol. The number of carboxylic acid groups (broad SMARTS) is 1. The minimum Gasteiger partial charge on any atom is -0.465 e. The number of hydrogen-bond donors (Lipinski definition) is 2. The number of amides is 1. The lowest BCUT2D eigenvalue weighted by Gasteiger charge is -2.38. The summed E-state index contributed by atoms with van der Waals surface area (Å²) in [6.07, 6.45) is 2.94. The van der Waals surface area contributed by atoms with Gasteiger partial charge in [0.05, 0.1) is 11.0 Å². The molecular formula is C16H20N4O2. The predicted octanol–water partition coefficient (Wildman–Crippen LogP) is 2.92. The van der Waals surface area contributed by atoms with Crippen LogP contribution >= 0.6 is 0 Å². The normalized spacial score (nSPS) is 27.3. The fraction of sp³-hybridized carbons (Fsp3) is 0.500. The fourth-order valence-corrected chi connectivity index (χ4v) is 4.26. The lowest BCUT2D eigenvalue weighted by molar-refractivity contribution is 0.0879. The first-order valence-corrected chi connectivity index (χ1v) is 7.85. The molecule has 2 N–H and O–H groups in total. The van der Waals surface area contributed by atoms with Crippen molar-refractivity contribution in [1.29, 1.82) is 0 Å². The first-order chi connectivity index (χ1) is 10.7. The zero-order valence-corrected chi connectivity index (χ0v) is 12.6. The number of rotatable bonds is 2. The van der Waals surface area contributed by atoms with Gasteiger partial charge >= 0.3 is 6.09 Å². The van der Waals surface area contributed by atoms with Crippen LogP contribution in [0, 0.1) is 0 Å². The van der Waals surface area contributed by atoms with Gasteiger partial charge in [0.2, 0.25) is 5.95 Å². The van der Waals surface area contributed by atoms with E-state index in [9.17, 15) is 9.90 Å². The second-order valence-electron chi connectivity index (χ2n) is 6.24. The molecule has 6 heteroatoms. The molecule has 22 heavy (non-hydrogen) atoms. The van der Waals surface area contributed by atoms with Crippen molar-refractivity contribution in [3.05, 3.63) is 24.3 Å². The first kappa shape index (κ1) is 13.4. The van der Waals surface area contributed by atoms with E-state index in [1.165, 1.54) is 0 Å². The molecule has 0 aliphatic carbocycles. The Kier molecular flexibility index (Phi) is 2.99. The summed E-state index contributed by atoms with van der Waals surface area (Å²) >= 11 is 0. The monoisotopic (exact) mass is 300 g/mol. The fourth-order valence-electron chi connectivity index (χ4n) is 4.26. The number of nitrogens with one attached hydrogen (secondary N) is 1. The van der Waals surface area contributed by atoms with Crippen LogP contribution in [0.3, 0.4) is 0 Å². The number of imidazole rings is 1. The first-order valence-electron chi connectivity index (χ1n) is 7.85. The van der Waals surface area contributed by atoms with Gasteiger partial charge in [0.25, 0.3) is 0 Å². The van der Waals surface area contributed by atoms with Crippen molar-refractivity contribution in [2.24, 2.45) is 0 Å². The van der Waals surface area contributed by atoms with Crippen molar-refractivity contribution in [3.63, 3.8) is 0 Å². The number of fused-ring (bicyclic) bond motifs is 3. The van der Waals surface area contributed by atoms with Crippen LogP contribution in [-0.4, -0.2) is 44.8 Å². The molecule has 116 valence electrons. The number of anilines is 1. The molecule has 1 unspecified atom stereocenters. The zero-order valence-electron chi connectivity index (χ0n) is 12.6. The molecule has 1 amide bonds. The van der Waals surface area contributed by atoms with Crippen molar-refractivity contribution in [1.82, 2.24) is 14.5 Å². The molecule has 2 fully saturated rings. The van der Waals surface area contributed by atoms with Gasteiger partial charge in [0.15, 0.2) is 0 Å². The molecule has 3 atom stereocenters. The maximum Gasteiger partial charge on any atom is 0.407 e. The van der Waals surface area contributed by atoms with E-state index < -0.39 is 6.09 Å². The highest BCUT2D eigenvalue weighted by molar-refractivity contribution is 5.79. The molecule has 6 nitrogen and oxygen atoms in total. The minimum atomic E-state index is -0.768. The Morgan fingerprint density at radius 1 is 1.23 bits per heavy atom. The largest absolute Gasteiger partial charge is 0.465 e. The maximum atomic E-state index is 11.4. The minimum absolute atomic E-state index is 0.145. The highest BCUT2D eigenvalue weighted by Crippen LogP contribution is 2.42. The van der Waals surface area contributed by atoms with Crippen LogP contribution < -0.4 is 5.32 Å². The molecule has 2 bridgehead atoms. The topological polar surface area (TPSA) is 70.4 Å². The van der Waals surface area contributed by atoms with Crippen molar-refractivity contribution < 1.29 is 9.90 Å². The van der Waals surface area contributed by atoms with E-state index in [1.807, 2.05) is 25.2 Å². The summed E-state index contributed by atoms with van der Waals surface area (Å²) in [4.78, 5) is 17.8. The van der Waals surface area contributed by atoms with Crippen LogP contribution in [0.2, 0.25) is 0 Å². The maximum absolute atomic E-state index is 11.4.